The second-order valence-electron chi connectivity index (χ2n) is 12.0. The molecule has 39 heavy (non-hydrogen) atoms. The van der Waals surface area contributed by atoms with Gasteiger partial charge in [-0.25, -0.2) is 0 Å². The second kappa shape index (κ2) is 14.7. The molecule has 0 atom stereocenters. The van der Waals surface area contributed by atoms with Crippen molar-refractivity contribution in [2.24, 2.45) is 11.8 Å². The average molecular weight is 525 g/mol. The molecule has 0 N–H and O–H groups in total. The van der Waals surface area contributed by atoms with Crippen molar-refractivity contribution >= 4 is 0 Å². The molecule has 0 spiro atoms. The van der Waals surface area contributed by atoms with E-state index in [2.05, 4.69) is 95.3 Å². The van der Waals surface area contributed by atoms with Crippen LogP contribution in [-0.2, 0) is 25.7 Å². The van der Waals surface area contributed by atoms with Gasteiger partial charge in [0, 0.05) is 0 Å². The Kier molecular flexibility index (Phi) is 11.1. The SMILES string of the molecule is CCc1cc(-c2ccc(CCc3ccc(C4CCC(C)CC4)cc3)cc2)cc(CC)c1OCCC(CC)CC. The van der Waals surface area contributed by atoms with E-state index in [1.54, 1.807) is 5.56 Å². The van der Waals surface area contributed by atoms with Crippen molar-refractivity contribution < 1.29 is 4.74 Å². The smallest absolute Gasteiger partial charge is 0.125 e. The van der Waals surface area contributed by atoms with Gasteiger partial charge in [-0.3, -0.25) is 0 Å². The van der Waals surface area contributed by atoms with Crippen LogP contribution in [0.15, 0.2) is 60.7 Å². The fraction of sp³-hybridized carbons (Fsp3) is 0.526. The Morgan fingerprint density at radius 3 is 1.74 bits per heavy atom. The number of rotatable bonds is 13. The van der Waals surface area contributed by atoms with E-state index in [1.807, 2.05) is 0 Å². The molecule has 3 aromatic carbocycles. The minimum absolute atomic E-state index is 0.767. The largest absolute Gasteiger partial charge is 0.493 e. The van der Waals surface area contributed by atoms with Gasteiger partial charge in [0.25, 0.3) is 0 Å². The molecule has 1 nitrogen and oxygen atoms in total. The van der Waals surface area contributed by atoms with Crippen molar-refractivity contribution in [2.75, 3.05) is 6.61 Å². The van der Waals surface area contributed by atoms with Gasteiger partial charge < -0.3 is 4.74 Å². The Balaban J connectivity index is 1.37. The summed E-state index contributed by atoms with van der Waals surface area (Å²) in [4.78, 5) is 0. The van der Waals surface area contributed by atoms with Crippen LogP contribution in [0.1, 0.15) is 113 Å². The van der Waals surface area contributed by atoms with Gasteiger partial charge >= 0.3 is 0 Å². The molecular formula is C38H52O. The summed E-state index contributed by atoms with van der Waals surface area (Å²) in [5.74, 6) is 3.59. The monoisotopic (exact) mass is 524 g/mol. The molecule has 4 rings (SSSR count). The molecule has 1 saturated carbocycles. The zero-order valence-electron chi connectivity index (χ0n) is 25.4. The van der Waals surface area contributed by atoms with Crippen LogP contribution in [0.3, 0.4) is 0 Å². The second-order valence-corrected chi connectivity index (χ2v) is 12.0. The van der Waals surface area contributed by atoms with Crippen molar-refractivity contribution in [3.8, 4) is 16.9 Å². The van der Waals surface area contributed by atoms with Gasteiger partial charge in [0.05, 0.1) is 6.61 Å². The highest BCUT2D eigenvalue weighted by atomic mass is 16.5. The van der Waals surface area contributed by atoms with Crippen molar-refractivity contribution in [1.82, 2.24) is 0 Å². The highest BCUT2D eigenvalue weighted by molar-refractivity contribution is 5.68. The lowest BCUT2D eigenvalue weighted by molar-refractivity contribution is 0.268. The van der Waals surface area contributed by atoms with Crippen LogP contribution in [0.25, 0.3) is 11.1 Å². The third-order valence-electron chi connectivity index (χ3n) is 9.39. The van der Waals surface area contributed by atoms with Crippen LogP contribution in [0.5, 0.6) is 5.75 Å². The van der Waals surface area contributed by atoms with Gasteiger partial charge in [-0.15, -0.1) is 0 Å². The molecule has 0 radical (unpaired) electrons. The van der Waals surface area contributed by atoms with Crippen LogP contribution < -0.4 is 4.74 Å². The molecule has 0 heterocycles. The first-order valence-corrected chi connectivity index (χ1v) is 16.0. The van der Waals surface area contributed by atoms with Gasteiger partial charge in [-0.2, -0.15) is 0 Å². The fourth-order valence-electron chi connectivity index (χ4n) is 6.36. The van der Waals surface area contributed by atoms with Gasteiger partial charge in [-0.1, -0.05) is 109 Å². The summed E-state index contributed by atoms with van der Waals surface area (Å²) in [7, 11) is 0. The fourth-order valence-corrected chi connectivity index (χ4v) is 6.36. The van der Waals surface area contributed by atoms with E-state index in [4.69, 9.17) is 4.74 Å². The molecular weight excluding hydrogens is 472 g/mol. The minimum atomic E-state index is 0.767. The van der Waals surface area contributed by atoms with Gasteiger partial charge in [0.1, 0.15) is 5.75 Å². The summed E-state index contributed by atoms with van der Waals surface area (Å²) in [6, 6.07) is 23.5. The summed E-state index contributed by atoms with van der Waals surface area (Å²) < 4.78 is 6.41. The quantitative estimate of drug-likeness (QED) is 0.216. The van der Waals surface area contributed by atoms with E-state index in [9.17, 15) is 0 Å². The van der Waals surface area contributed by atoms with E-state index in [1.165, 1.54) is 71.9 Å². The molecule has 0 amide bonds. The number of hydrogen-bond donors (Lipinski definition) is 0. The van der Waals surface area contributed by atoms with Crippen LogP contribution in [0.4, 0.5) is 0 Å². The number of aryl methyl sites for hydroxylation is 4. The Morgan fingerprint density at radius 1 is 0.692 bits per heavy atom. The van der Waals surface area contributed by atoms with Crippen LogP contribution >= 0.6 is 0 Å². The third-order valence-corrected chi connectivity index (χ3v) is 9.39. The molecule has 0 aliphatic heterocycles. The van der Waals surface area contributed by atoms with Crippen LogP contribution in [0, 0.1) is 11.8 Å². The lowest BCUT2D eigenvalue weighted by Crippen LogP contribution is -2.10. The van der Waals surface area contributed by atoms with Gasteiger partial charge in [0.2, 0.25) is 0 Å². The normalized spacial score (nSPS) is 17.5. The zero-order valence-corrected chi connectivity index (χ0v) is 25.4. The third kappa shape index (κ3) is 8.00. The highest BCUT2D eigenvalue weighted by Gasteiger charge is 2.19. The van der Waals surface area contributed by atoms with Crippen molar-refractivity contribution in [2.45, 2.75) is 111 Å². The van der Waals surface area contributed by atoms with Crippen molar-refractivity contribution in [1.29, 1.82) is 0 Å². The predicted molar refractivity (Wildman–Crippen MR) is 169 cm³/mol. The van der Waals surface area contributed by atoms with Crippen molar-refractivity contribution in [3.05, 3.63) is 88.5 Å². The van der Waals surface area contributed by atoms with Crippen LogP contribution in [0.2, 0.25) is 0 Å². The summed E-state index contributed by atoms with van der Waals surface area (Å²) in [6.45, 7) is 12.3. The Bertz CT molecular complexity index is 1100. The van der Waals surface area contributed by atoms with Gasteiger partial charge in [-0.05, 0) is 114 Å². The number of ether oxygens (including phenoxy) is 1. The van der Waals surface area contributed by atoms with Gasteiger partial charge in [0.15, 0.2) is 0 Å². The first kappa shape index (κ1) is 29.4. The Hall–Kier alpha value is -2.54. The van der Waals surface area contributed by atoms with E-state index in [0.29, 0.717) is 0 Å². The number of benzene rings is 3. The molecule has 3 aromatic rings. The summed E-state index contributed by atoms with van der Waals surface area (Å²) in [6.07, 6.45) is 13.3. The highest BCUT2D eigenvalue weighted by Crippen LogP contribution is 2.36. The number of hydrogen-bond acceptors (Lipinski definition) is 1. The Morgan fingerprint density at radius 2 is 1.23 bits per heavy atom. The maximum atomic E-state index is 6.41. The predicted octanol–water partition coefficient (Wildman–Crippen LogP) is 10.8. The average Bonchev–Trinajstić information content (AvgIpc) is 2.99. The first-order chi connectivity index (χ1) is 19.0. The molecule has 0 unspecified atom stereocenters. The van der Waals surface area contributed by atoms with Crippen LogP contribution in [-0.4, -0.2) is 6.61 Å². The van der Waals surface area contributed by atoms with E-state index >= 15 is 0 Å². The molecule has 210 valence electrons. The maximum absolute atomic E-state index is 6.41. The van der Waals surface area contributed by atoms with E-state index < -0.39 is 0 Å². The Labute approximate surface area is 239 Å². The molecule has 1 aliphatic rings. The lowest BCUT2D eigenvalue weighted by Gasteiger charge is -2.26. The first-order valence-electron chi connectivity index (χ1n) is 16.0. The minimum Gasteiger partial charge on any atom is -0.493 e. The lowest BCUT2D eigenvalue weighted by atomic mass is 9.79. The molecule has 0 saturated heterocycles. The summed E-state index contributed by atoms with van der Waals surface area (Å²) in [5.41, 5.74) is 9.71. The zero-order chi connectivity index (χ0) is 27.6. The molecule has 1 heteroatoms. The molecule has 1 fully saturated rings. The standard InChI is InChI=1S/C38H52O/c1-6-29(7-2)24-25-39-38-32(8-3)26-37(27-33(38)9-4)36-22-16-31(17-23-36)13-12-30-14-20-35(21-15-30)34-18-10-28(5)11-19-34/h14-17,20-23,26-29,34H,6-13,18-19,24-25H2,1-5H3. The van der Waals surface area contributed by atoms with E-state index in [0.717, 1.165) is 62.2 Å². The van der Waals surface area contributed by atoms with Crippen molar-refractivity contribution in [3.63, 3.8) is 0 Å². The summed E-state index contributed by atoms with van der Waals surface area (Å²) >= 11 is 0. The van der Waals surface area contributed by atoms with E-state index in [-0.39, 0.29) is 0 Å². The maximum Gasteiger partial charge on any atom is 0.125 e. The molecule has 0 aromatic heterocycles. The topological polar surface area (TPSA) is 9.23 Å². The summed E-state index contributed by atoms with van der Waals surface area (Å²) in [5, 5.41) is 0. The molecule has 0 bridgehead atoms. The molecule has 1 aliphatic carbocycles.